The van der Waals surface area contributed by atoms with Crippen LogP contribution in [0.3, 0.4) is 0 Å². The molecule has 2 aromatic rings. The molecule has 8 heteroatoms. The fraction of sp³-hybridized carbons (Fsp3) is 0.529. The summed E-state index contributed by atoms with van der Waals surface area (Å²) in [5.74, 6) is 1.51. The molecule has 0 aromatic carbocycles. The van der Waals surface area contributed by atoms with Crippen LogP contribution in [0.4, 0.5) is 0 Å². The van der Waals surface area contributed by atoms with E-state index in [0.717, 1.165) is 10.7 Å². The Kier molecular flexibility index (Phi) is 5.17. The van der Waals surface area contributed by atoms with E-state index in [1.165, 1.54) is 0 Å². The van der Waals surface area contributed by atoms with Gasteiger partial charge in [-0.15, -0.1) is 11.3 Å². The number of nitrogens with one attached hydrogen (secondary N) is 2. The van der Waals surface area contributed by atoms with Crippen molar-refractivity contribution in [1.29, 1.82) is 0 Å². The van der Waals surface area contributed by atoms with Gasteiger partial charge in [0.15, 0.2) is 0 Å². The van der Waals surface area contributed by atoms with Gasteiger partial charge in [0.1, 0.15) is 11.6 Å². The van der Waals surface area contributed by atoms with E-state index < -0.39 is 0 Å². The van der Waals surface area contributed by atoms with E-state index in [2.05, 4.69) is 20.7 Å². The van der Waals surface area contributed by atoms with Crippen molar-refractivity contribution in [3.8, 4) is 0 Å². The summed E-state index contributed by atoms with van der Waals surface area (Å²) in [6.07, 6.45) is 1.41. The third kappa shape index (κ3) is 4.07. The second kappa shape index (κ2) is 7.35. The van der Waals surface area contributed by atoms with Crippen LogP contribution in [0, 0.1) is 13.8 Å². The van der Waals surface area contributed by atoms with Gasteiger partial charge in [0.05, 0.1) is 18.1 Å². The van der Waals surface area contributed by atoms with E-state index in [4.69, 9.17) is 0 Å². The first kappa shape index (κ1) is 17.6. The fourth-order valence-electron chi connectivity index (χ4n) is 3.27. The summed E-state index contributed by atoms with van der Waals surface area (Å²) in [5.41, 5.74) is 0. The minimum absolute atomic E-state index is 0.0333. The molecule has 2 amide bonds. The number of amides is 2. The Morgan fingerprint density at radius 1 is 1.52 bits per heavy atom. The molecule has 1 saturated heterocycles. The van der Waals surface area contributed by atoms with Crippen molar-refractivity contribution in [3.05, 3.63) is 34.0 Å². The topological polar surface area (TPSA) is 88.9 Å². The van der Waals surface area contributed by atoms with Crippen molar-refractivity contribution in [2.45, 2.75) is 58.2 Å². The second-order valence-corrected chi connectivity index (χ2v) is 7.46. The van der Waals surface area contributed by atoms with Crippen molar-refractivity contribution in [2.75, 3.05) is 0 Å². The minimum Gasteiger partial charge on any atom is -0.351 e. The number of hydrogen-bond donors (Lipinski definition) is 2. The summed E-state index contributed by atoms with van der Waals surface area (Å²) < 4.78 is 1.79. The number of hydrogen-bond acceptors (Lipinski definition) is 5. The minimum atomic E-state index is -0.157. The highest BCUT2D eigenvalue weighted by atomic mass is 32.1. The SMILES string of the molecule is Cc1nc(C)n(C(C)CC(=O)N[C@@H]2CCC(=O)N[C@H]2c2cccs2)n1. The third-order valence-electron chi connectivity index (χ3n) is 4.40. The highest BCUT2D eigenvalue weighted by molar-refractivity contribution is 7.10. The lowest BCUT2D eigenvalue weighted by molar-refractivity contribution is -0.127. The fourth-order valence-corrected chi connectivity index (χ4v) is 4.11. The number of rotatable bonds is 5. The molecular formula is C17H23N5O2S. The normalized spacial score (nSPS) is 21.6. The van der Waals surface area contributed by atoms with E-state index in [9.17, 15) is 9.59 Å². The van der Waals surface area contributed by atoms with Crippen LogP contribution >= 0.6 is 11.3 Å². The van der Waals surface area contributed by atoms with E-state index >= 15 is 0 Å². The smallest absolute Gasteiger partial charge is 0.222 e. The number of nitrogens with zero attached hydrogens (tertiary/aromatic N) is 3. The Hall–Kier alpha value is -2.22. The summed E-state index contributed by atoms with van der Waals surface area (Å²) in [5, 5.41) is 12.4. The van der Waals surface area contributed by atoms with Crippen molar-refractivity contribution >= 4 is 23.2 Å². The summed E-state index contributed by atoms with van der Waals surface area (Å²) in [6, 6.07) is 3.63. The first-order chi connectivity index (χ1) is 11.9. The number of carbonyl (C=O) groups is 2. The van der Waals surface area contributed by atoms with Crippen LogP contribution in [0.5, 0.6) is 0 Å². The number of carbonyl (C=O) groups excluding carboxylic acids is 2. The largest absolute Gasteiger partial charge is 0.351 e. The van der Waals surface area contributed by atoms with Crippen LogP contribution in [-0.4, -0.2) is 32.6 Å². The zero-order valence-corrected chi connectivity index (χ0v) is 15.5. The Bertz CT molecular complexity index is 755. The van der Waals surface area contributed by atoms with Gasteiger partial charge in [-0.2, -0.15) is 5.10 Å². The molecule has 1 aliphatic heterocycles. The molecule has 3 atom stereocenters. The van der Waals surface area contributed by atoms with Gasteiger partial charge >= 0.3 is 0 Å². The lowest BCUT2D eigenvalue weighted by Gasteiger charge is -2.32. The lowest BCUT2D eigenvalue weighted by atomic mass is 9.96. The maximum Gasteiger partial charge on any atom is 0.222 e. The summed E-state index contributed by atoms with van der Waals surface area (Å²) in [6.45, 7) is 5.69. The van der Waals surface area contributed by atoms with Gasteiger partial charge in [-0.05, 0) is 38.6 Å². The number of thiophene rings is 1. The Morgan fingerprint density at radius 2 is 2.32 bits per heavy atom. The molecule has 1 fully saturated rings. The molecule has 0 aliphatic carbocycles. The lowest BCUT2D eigenvalue weighted by Crippen LogP contribution is -2.50. The summed E-state index contributed by atoms with van der Waals surface area (Å²) >= 11 is 1.59. The van der Waals surface area contributed by atoms with Gasteiger partial charge in [-0.3, -0.25) is 9.59 Å². The summed E-state index contributed by atoms with van der Waals surface area (Å²) in [4.78, 5) is 29.6. The van der Waals surface area contributed by atoms with Crippen LogP contribution in [0.15, 0.2) is 17.5 Å². The standard InChI is InChI=1S/C17H23N5O2S/c1-10(22-12(3)18-11(2)21-22)9-16(24)19-13-6-7-15(23)20-17(13)14-5-4-8-25-14/h4-5,8,10,13,17H,6-7,9H2,1-3H3,(H,19,24)(H,20,23)/t10?,13-,17-/m1/s1. The molecule has 0 spiro atoms. The highest BCUT2D eigenvalue weighted by Crippen LogP contribution is 2.28. The van der Waals surface area contributed by atoms with Crippen LogP contribution in [0.2, 0.25) is 0 Å². The summed E-state index contributed by atoms with van der Waals surface area (Å²) in [7, 11) is 0. The molecule has 0 saturated carbocycles. The van der Waals surface area contributed by atoms with Gasteiger partial charge in [0.25, 0.3) is 0 Å². The zero-order chi connectivity index (χ0) is 18.0. The third-order valence-corrected chi connectivity index (χ3v) is 5.36. The molecule has 7 nitrogen and oxygen atoms in total. The van der Waals surface area contributed by atoms with Crippen LogP contribution in [-0.2, 0) is 9.59 Å². The second-order valence-electron chi connectivity index (χ2n) is 6.48. The molecular weight excluding hydrogens is 338 g/mol. The van der Waals surface area contributed by atoms with E-state index in [1.807, 2.05) is 38.3 Å². The van der Waals surface area contributed by atoms with Crippen molar-refractivity contribution in [3.63, 3.8) is 0 Å². The molecule has 134 valence electrons. The van der Waals surface area contributed by atoms with Crippen molar-refractivity contribution in [2.24, 2.45) is 0 Å². The Labute approximate surface area is 150 Å². The predicted molar refractivity (Wildman–Crippen MR) is 95.2 cm³/mol. The average Bonchev–Trinajstić information content (AvgIpc) is 3.18. The molecule has 2 aromatic heterocycles. The molecule has 1 aliphatic rings. The van der Waals surface area contributed by atoms with Gasteiger partial charge in [-0.25, -0.2) is 9.67 Å². The molecule has 2 N–H and O–H groups in total. The Morgan fingerprint density at radius 3 is 2.96 bits per heavy atom. The maximum absolute atomic E-state index is 12.5. The molecule has 3 rings (SSSR count). The maximum atomic E-state index is 12.5. The monoisotopic (exact) mass is 361 g/mol. The first-order valence-electron chi connectivity index (χ1n) is 8.46. The van der Waals surface area contributed by atoms with Crippen molar-refractivity contribution < 1.29 is 9.59 Å². The molecule has 0 bridgehead atoms. The van der Waals surface area contributed by atoms with Crippen LogP contribution in [0.1, 0.15) is 54.8 Å². The zero-order valence-electron chi connectivity index (χ0n) is 14.7. The number of aromatic nitrogens is 3. The van der Waals surface area contributed by atoms with Crippen LogP contribution in [0.25, 0.3) is 0 Å². The molecule has 0 radical (unpaired) electrons. The predicted octanol–water partition coefficient (Wildman–Crippen LogP) is 2.04. The first-order valence-corrected chi connectivity index (χ1v) is 9.34. The highest BCUT2D eigenvalue weighted by Gasteiger charge is 2.32. The van der Waals surface area contributed by atoms with Gasteiger partial charge in [0.2, 0.25) is 11.8 Å². The van der Waals surface area contributed by atoms with Gasteiger partial charge in [0, 0.05) is 17.7 Å². The number of piperidine rings is 1. The quantitative estimate of drug-likeness (QED) is 0.853. The van der Waals surface area contributed by atoms with Crippen molar-refractivity contribution in [1.82, 2.24) is 25.4 Å². The van der Waals surface area contributed by atoms with E-state index in [0.29, 0.717) is 25.1 Å². The van der Waals surface area contributed by atoms with Gasteiger partial charge in [-0.1, -0.05) is 6.07 Å². The van der Waals surface area contributed by atoms with E-state index in [-0.39, 0.29) is 29.9 Å². The molecule has 1 unspecified atom stereocenters. The number of aryl methyl sites for hydroxylation is 2. The van der Waals surface area contributed by atoms with Crippen LogP contribution < -0.4 is 10.6 Å². The van der Waals surface area contributed by atoms with Gasteiger partial charge < -0.3 is 10.6 Å². The molecule has 3 heterocycles. The molecule has 25 heavy (non-hydrogen) atoms. The average molecular weight is 361 g/mol. The van der Waals surface area contributed by atoms with E-state index in [1.54, 1.807) is 16.0 Å². The Balaban J connectivity index is 1.64.